The fraction of sp³-hybridized carbons (Fsp3) is 0.714. The Bertz CT molecular complexity index is 1470. The molecule has 0 aromatic carbocycles. The summed E-state index contributed by atoms with van der Waals surface area (Å²) < 4.78 is 0. The summed E-state index contributed by atoms with van der Waals surface area (Å²) in [6.45, 7) is 8.64. The second-order valence-electron chi connectivity index (χ2n) is 15.7. The van der Waals surface area contributed by atoms with Crippen molar-refractivity contribution in [1.82, 2.24) is 0 Å². The minimum absolute atomic E-state index is 0.296. The maximum absolute atomic E-state index is 10.1. The summed E-state index contributed by atoms with van der Waals surface area (Å²) in [6, 6.07) is 0. The van der Waals surface area contributed by atoms with E-state index in [9.17, 15) is 57.5 Å². The van der Waals surface area contributed by atoms with Crippen molar-refractivity contribution in [3.05, 3.63) is 12.2 Å². The first kappa shape index (κ1) is 84.2. The standard InChI is InChI=1S/C10H20O2.C9H18O2.C8H16O2.C7H14O2.C4H6O5.C4H6O4.C4H4O4.C3H4O4/c1-2-3-4-5-6-7-8-9-10(11)12;1-2-3-4-5-6-7-8-9(10)11;1-2-3-4-5-6-7-8(9)10;1-2-3-4-5-6-7(8)9;5-2(4(8)9)1-3(6)7;2*5-3(6)1-2-4(7)8;4-2(5)1-3(6)7/h2-9H2,1H3,(H,11,12);2-8H2,1H3,(H,10,11);2-7H2,1H3,(H,9,10);2-6H2,1H3,(H,8,9);2,5H,1H2,(H,6,7)(H,8,9);1-2H2,(H,5,6)(H,7,8);1-2H,(H,5,6)(H,7,8);1H2,(H,4,5)(H,6,7)/b;;;;;;2-1+;/t;;;;2-;;;/m....0.../s1. The molecule has 0 aliphatic heterocycles. The predicted octanol–water partition coefficient (Wildman–Crippen LogP) is 8.61. The Morgan fingerprint density at radius 2 is 0.486 bits per heavy atom. The van der Waals surface area contributed by atoms with Gasteiger partial charge >= 0.3 is 71.6 Å². The average Bonchev–Trinajstić information content (AvgIpc) is 3.28. The number of hydrogen-bond acceptors (Lipinski definition) is 13. The number of carboxylic acids is 12. The van der Waals surface area contributed by atoms with Gasteiger partial charge in [0.15, 0.2) is 6.10 Å². The highest BCUT2D eigenvalue weighted by molar-refractivity contribution is 5.90. The molecule has 0 aliphatic carbocycles. The number of hydrogen-bond donors (Lipinski definition) is 13. The lowest BCUT2D eigenvalue weighted by molar-refractivity contribution is -0.153. The van der Waals surface area contributed by atoms with E-state index in [1.165, 1.54) is 83.5 Å². The summed E-state index contributed by atoms with van der Waals surface area (Å²) in [5.74, 6) is -12.8. The van der Waals surface area contributed by atoms with Crippen LogP contribution in [0, 0.1) is 0 Å². The van der Waals surface area contributed by atoms with Crippen LogP contribution in [0.4, 0.5) is 0 Å². The molecule has 25 nitrogen and oxygen atoms in total. The highest BCUT2D eigenvalue weighted by Crippen LogP contribution is 2.09. The van der Waals surface area contributed by atoms with E-state index in [2.05, 4.69) is 27.7 Å². The quantitative estimate of drug-likeness (QED) is 0.0158. The lowest BCUT2D eigenvalue weighted by atomic mass is 10.1. The largest absolute Gasteiger partial charge is 0.481 e. The molecule has 25 heteroatoms. The molecule has 434 valence electrons. The average molecular weight is 1080 g/mol. The Labute approximate surface area is 433 Å². The van der Waals surface area contributed by atoms with Gasteiger partial charge in [0.05, 0.1) is 19.3 Å². The molecule has 0 amide bonds. The molecule has 0 heterocycles. The van der Waals surface area contributed by atoms with Crippen molar-refractivity contribution in [2.24, 2.45) is 0 Å². The van der Waals surface area contributed by atoms with Crippen LogP contribution in [0.15, 0.2) is 12.2 Å². The summed E-state index contributed by atoms with van der Waals surface area (Å²) in [4.78, 5) is 117. The van der Waals surface area contributed by atoms with E-state index in [1.54, 1.807) is 0 Å². The number of aliphatic carboxylic acids is 12. The molecule has 0 aromatic heterocycles. The van der Waals surface area contributed by atoms with Gasteiger partial charge in [-0.25, -0.2) is 14.4 Å². The topological polar surface area (TPSA) is 468 Å². The van der Waals surface area contributed by atoms with Crippen LogP contribution < -0.4 is 0 Å². The molecule has 0 saturated heterocycles. The lowest BCUT2D eigenvalue weighted by Crippen LogP contribution is -2.22. The van der Waals surface area contributed by atoms with Gasteiger partial charge in [-0.3, -0.25) is 43.2 Å². The predicted molar refractivity (Wildman–Crippen MR) is 268 cm³/mol. The van der Waals surface area contributed by atoms with Gasteiger partial charge in [0.25, 0.3) is 0 Å². The molecule has 0 saturated carbocycles. The van der Waals surface area contributed by atoms with Crippen LogP contribution in [-0.4, -0.2) is 144 Å². The SMILES string of the molecule is CCCCCCC(=O)O.CCCCCCCC(=O)O.CCCCCCCCC(=O)O.CCCCCCCCCC(=O)O.O=C(O)/C=C/C(=O)O.O=C(O)CC(=O)O.O=C(O)CCC(=O)O.O=C(O)C[C@H](O)C(=O)O. The van der Waals surface area contributed by atoms with Crippen molar-refractivity contribution in [1.29, 1.82) is 0 Å². The molecule has 0 aromatic rings. The maximum atomic E-state index is 10.1. The van der Waals surface area contributed by atoms with E-state index in [-0.39, 0.29) is 12.8 Å². The van der Waals surface area contributed by atoms with Gasteiger partial charge in [0.2, 0.25) is 0 Å². The van der Waals surface area contributed by atoms with E-state index in [1.807, 2.05) is 0 Å². The van der Waals surface area contributed by atoms with Crippen molar-refractivity contribution in [3.63, 3.8) is 0 Å². The van der Waals surface area contributed by atoms with Gasteiger partial charge in [-0.2, -0.15) is 0 Å². The van der Waals surface area contributed by atoms with E-state index in [0.29, 0.717) is 37.8 Å². The zero-order chi connectivity index (χ0) is 59.1. The van der Waals surface area contributed by atoms with Crippen molar-refractivity contribution < 1.29 is 124 Å². The van der Waals surface area contributed by atoms with Crippen LogP contribution in [0.2, 0.25) is 0 Å². The Kier molecular flexibility index (Phi) is 77.8. The summed E-state index contributed by atoms with van der Waals surface area (Å²) in [6.07, 6.45) is 23.5. The zero-order valence-corrected chi connectivity index (χ0v) is 43.7. The number of unbranched alkanes of at least 4 members (excludes halogenated alkanes) is 18. The van der Waals surface area contributed by atoms with Gasteiger partial charge in [-0.1, -0.05) is 143 Å². The number of aliphatic hydroxyl groups excluding tert-OH is 1. The third-order valence-corrected chi connectivity index (χ3v) is 8.35. The van der Waals surface area contributed by atoms with Gasteiger partial charge in [-0.15, -0.1) is 0 Å². The van der Waals surface area contributed by atoms with E-state index < -0.39 is 90.6 Å². The highest BCUT2D eigenvalue weighted by Gasteiger charge is 2.16. The summed E-state index contributed by atoms with van der Waals surface area (Å²) >= 11 is 0. The molecule has 0 aliphatic rings. The smallest absolute Gasteiger partial charge is 0.333 e. The fourth-order valence-electron chi connectivity index (χ4n) is 4.61. The van der Waals surface area contributed by atoms with E-state index in [0.717, 1.165) is 57.8 Å². The first-order chi connectivity index (χ1) is 34.5. The fourth-order valence-corrected chi connectivity index (χ4v) is 4.61. The van der Waals surface area contributed by atoms with Crippen LogP contribution in [0.5, 0.6) is 0 Å². The Morgan fingerprint density at radius 1 is 0.284 bits per heavy atom. The zero-order valence-electron chi connectivity index (χ0n) is 43.7. The monoisotopic (exact) mass is 1080 g/mol. The highest BCUT2D eigenvalue weighted by atomic mass is 16.4. The van der Waals surface area contributed by atoms with Crippen LogP contribution in [0.25, 0.3) is 0 Å². The minimum atomic E-state index is -1.79. The van der Waals surface area contributed by atoms with Crippen molar-refractivity contribution in [2.75, 3.05) is 0 Å². The minimum Gasteiger partial charge on any atom is -0.481 e. The third-order valence-electron chi connectivity index (χ3n) is 8.35. The van der Waals surface area contributed by atoms with Gasteiger partial charge in [0.1, 0.15) is 6.42 Å². The molecule has 74 heavy (non-hydrogen) atoms. The number of rotatable bonds is 36. The van der Waals surface area contributed by atoms with Crippen molar-refractivity contribution in [3.8, 4) is 0 Å². The molecule has 13 N–H and O–H groups in total. The molecule has 0 fully saturated rings. The molecule has 0 bridgehead atoms. The Hall–Kier alpha value is -6.66. The van der Waals surface area contributed by atoms with Gasteiger partial charge in [0, 0.05) is 37.8 Å². The van der Waals surface area contributed by atoms with Gasteiger partial charge in [-0.05, 0) is 25.7 Å². The van der Waals surface area contributed by atoms with Crippen LogP contribution in [0.3, 0.4) is 0 Å². The molecule has 0 spiro atoms. The first-order valence-electron chi connectivity index (χ1n) is 24.5. The Morgan fingerprint density at radius 3 is 0.622 bits per heavy atom. The Balaban J connectivity index is -0.000000113. The summed E-state index contributed by atoms with van der Waals surface area (Å²) in [5, 5.41) is 104. The molecule has 0 rings (SSSR count). The molecule has 1 atom stereocenters. The second kappa shape index (κ2) is 68.4. The maximum Gasteiger partial charge on any atom is 0.333 e. The number of carbonyl (C=O) groups is 12. The summed E-state index contributed by atoms with van der Waals surface area (Å²) in [5.41, 5.74) is 0. The van der Waals surface area contributed by atoms with Crippen LogP contribution in [-0.2, 0) is 57.5 Å². The van der Waals surface area contributed by atoms with Crippen molar-refractivity contribution >= 4 is 71.6 Å². The molecule has 0 radical (unpaired) electrons. The van der Waals surface area contributed by atoms with Gasteiger partial charge < -0.3 is 66.4 Å². The summed E-state index contributed by atoms with van der Waals surface area (Å²) in [7, 11) is 0. The first-order valence-corrected chi connectivity index (χ1v) is 24.5. The van der Waals surface area contributed by atoms with Crippen molar-refractivity contribution in [2.45, 2.75) is 226 Å². The van der Waals surface area contributed by atoms with Crippen LogP contribution in [0.1, 0.15) is 220 Å². The number of aliphatic hydroxyl groups is 1. The molecular formula is C49H88O25. The van der Waals surface area contributed by atoms with Crippen LogP contribution >= 0.6 is 0 Å². The lowest BCUT2D eigenvalue weighted by Gasteiger charge is -1.98. The number of carboxylic acid groups (broad SMARTS) is 12. The normalized spacial score (nSPS) is 9.80. The van der Waals surface area contributed by atoms with E-state index >= 15 is 0 Å². The molecule has 0 unspecified atom stereocenters. The second-order valence-corrected chi connectivity index (χ2v) is 15.7. The third kappa shape index (κ3) is 132. The van der Waals surface area contributed by atoms with E-state index in [4.69, 9.17) is 66.4 Å². The molecular weight excluding hydrogens is 989 g/mol.